The number of rotatable bonds is 5. The molecule has 0 aliphatic heterocycles. The third-order valence-electron chi connectivity index (χ3n) is 4.27. The van der Waals surface area contributed by atoms with Crippen molar-refractivity contribution in [2.24, 2.45) is 5.16 Å². The first-order valence-corrected chi connectivity index (χ1v) is 14.8. The highest BCUT2D eigenvalue weighted by Crippen LogP contribution is 2.36. The molecular weight excluding hydrogens is 302 g/mol. The van der Waals surface area contributed by atoms with E-state index in [1.54, 1.807) is 0 Å². The Bertz CT molecular complexity index is 520. The van der Waals surface area contributed by atoms with E-state index in [0.717, 1.165) is 11.8 Å². The molecule has 0 aromatic heterocycles. The smallest absolute Gasteiger partial charge is 0.286 e. The summed E-state index contributed by atoms with van der Waals surface area (Å²) in [5, 5.41) is 4.83. The number of hydrogen-bond acceptors (Lipinski definition) is 2. The summed E-state index contributed by atoms with van der Waals surface area (Å²) in [7, 11) is -3.11. The number of oxime groups is 1. The van der Waals surface area contributed by atoms with Crippen LogP contribution < -0.4 is 0 Å². The number of aryl methyl sites for hydroxylation is 1. The quantitative estimate of drug-likeness (QED) is 0.364. The SMILES string of the molecule is Cc1ccc(/C(C[Si](C)(C)C)=N/O[Si](C)(C)C(C)(C)C)cc1. The molecule has 0 unspecified atom stereocenters. The molecule has 1 rings (SSSR count). The van der Waals surface area contributed by atoms with E-state index in [-0.39, 0.29) is 5.04 Å². The zero-order valence-electron chi connectivity index (χ0n) is 15.9. The van der Waals surface area contributed by atoms with Crippen molar-refractivity contribution in [2.75, 3.05) is 0 Å². The predicted octanol–water partition coefficient (Wildman–Crippen LogP) is 6.06. The third-order valence-corrected chi connectivity index (χ3v) is 9.83. The molecule has 4 heteroatoms. The maximum atomic E-state index is 6.14. The highest BCUT2D eigenvalue weighted by molar-refractivity contribution is 6.79. The van der Waals surface area contributed by atoms with E-state index in [4.69, 9.17) is 4.53 Å². The molecule has 0 bridgehead atoms. The van der Waals surface area contributed by atoms with Crippen molar-refractivity contribution in [1.29, 1.82) is 0 Å². The fourth-order valence-corrected chi connectivity index (χ4v) is 3.63. The van der Waals surface area contributed by atoms with Gasteiger partial charge in [-0.1, -0.05) is 70.2 Å². The third kappa shape index (κ3) is 5.73. The molecule has 1 aromatic carbocycles. The summed E-state index contributed by atoms with van der Waals surface area (Å²) in [5.41, 5.74) is 3.59. The average molecular weight is 336 g/mol. The molecule has 0 fully saturated rings. The van der Waals surface area contributed by atoms with Gasteiger partial charge >= 0.3 is 0 Å². The van der Waals surface area contributed by atoms with Gasteiger partial charge in [-0.05, 0) is 36.7 Å². The van der Waals surface area contributed by atoms with Gasteiger partial charge < -0.3 is 4.53 Å². The van der Waals surface area contributed by atoms with Crippen LogP contribution >= 0.6 is 0 Å². The zero-order chi connectivity index (χ0) is 17.2. The minimum Gasteiger partial charge on any atom is -0.455 e. The van der Waals surface area contributed by atoms with E-state index in [1.165, 1.54) is 11.1 Å². The first-order chi connectivity index (χ1) is 9.82. The standard InChI is InChI=1S/C18H33NOSi2/c1-15-10-12-16(13-11-15)17(14-21(5,6)7)19-20-22(8,9)18(2,3)4/h10-13H,14H2,1-9H3/b19-17+. The second kappa shape index (κ2) is 6.71. The van der Waals surface area contributed by atoms with Gasteiger partial charge in [0.2, 0.25) is 0 Å². The Morgan fingerprint density at radius 1 is 1.00 bits per heavy atom. The van der Waals surface area contributed by atoms with Gasteiger partial charge in [0.15, 0.2) is 0 Å². The van der Waals surface area contributed by atoms with E-state index in [0.29, 0.717) is 0 Å². The highest BCUT2D eigenvalue weighted by atomic mass is 28.4. The summed E-state index contributed by atoms with van der Waals surface area (Å²) in [6.07, 6.45) is 0. The maximum absolute atomic E-state index is 6.14. The molecule has 0 aliphatic carbocycles. The molecular formula is C18H33NOSi2. The van der Waals surface area contributed by atoms with Crippen LogP contribution in [0, 0.1) is 6.92 Å². The van der Waals surface area contributed by atoms with Crippen molar-refractivity contribution in [2.45, 2.75) is 71.5 Å². The minimum absolute atomic E-state index is 0.175. The van der Waals surface area contributed by atoms with Gasteiger partial charge in [0.1, 0.15) is 0 Å². The summed E-state index contributed by atoms with van der Waals surface area (Å²) >= 11 is 0. The normalized spacial score (nSPS) is 14.1. The molecule has 0 saturated carbocycles. The molecule has 0 aliphatic rings. The lowest BCUT2D eigenvalue weighted by molar-refractivity contribution is 0.308. The van der Waals surface area contributed by atoms with Crippen molar-refractivity contribution in [3.63, 3.8) is 0 Å². The lowest BCUT2D eigenvalue weighted by atomic mass is 10.1. The fraction of sp³-hybridized carbons (Fsp3) is 0.611. The van der Waals surface area contributed by atoms with E-state index in [9.17, 15) is 0 Å². The first-order valence-electron chi connectivity index (χ1n) is 8.14. The Balaban J connectivity index is 3.11. The molecule has 0 heterocycles. The van der Waals surface area contributed by atoms with E-state index in [1.807, 2.05) is 0 Å². The van der Waals surface area contributed by atoms with Crippen LogP contribution in [-0.2, 0) is 4.53 Å². The molecule has 0 saturated heterocycles. The van der Waals surface area contributed by atoms with Gasteiger partial charge in [-0.2, -0.15) is 0 Å². The van der Waals surface area contributed by atoms with Crippen molar-refractivity contribution < 1.29 is 4.53 Å². The monoisotopic (exact) mass is 335 g/mol. The summed E-state index contributed by atoms with van der Waals surface area (Å²) in [6, 6.07) is 9.69. The molecule has 0 atom stereocenters. The molecule has 124 valence electrons. The molecule has 22 heavy (non-hydrogen) atoms. The van der Waals surface area contributed by atoms with Gasteiger partial charge in [0, 0.05) is 0 Å². The van der Waals surface area contributed by atoms with Crippen LogP contribution in [0.3, 0.4) is 0 Å². The highest BCUT2D eigenvalue weighted by Gasteiger charge is 2.40. The molecule has 0 amide bonds. The molecule has 0 radical (unpaired) electrons. The molecule has 0 N–H and O–H groups in total. The van der Waals surface area contributed by atoms with Crippen molar-refractivity contribution in [3.8, 4) is 0 Å². The minimum atomic E-state index is -1.86. The van der Waals surface area contributed by atoms with Crippen LogP contribution in [0.5, 0.6) is 0 Å². The summed E-state index contributed by atoms with van der Waals surface area (Å²) < 4.78 is 6.14. The average Bonchev–Trinajstić information content (AvgIpc) is 2.33. The van der Waals surface area contributed by atoms with Crippen molar-refractivity contribution >= 4 is 22.1 Å². The van der Waals surface area contributed by atoms with Crippen LogP contribution in [0.15, 0.2) is 29.4 Å². The van der Waals surface area contributed by atoms with Crippen LogP contribution in [0.1, 0.15) is 31.9 Å². The number of nitrogens with zero attached hydrogens (tertiary/aromatic N) is 1. The first kappa shape index (κ1) is 19.2. The second-order valence-electron chi connectivity index (χ2n) is 8.99. The summed E-state index contributed by atoms with van der Waals surface area (Å²) in [5.74, 6) is 0. The van der Waals surface area contributed by atoms with Crippen LogP contribution in [-0.4, -0.2) is 22.1 Å². The second-order valence-corrected chi connectivity index (χ2v) is 19.2. The Morgan fingerprint density at radius 2 is 1.50 bits per heavy atom. The molecule has 0 spiro atoms. The Kier molecular flexibility index (Phi) is 5.85. The van der Waals surface area contributed by atoms with E-state index in [2.05, 4.69) is 89.9 Å². The summed E-state index contributed by atoms with van der Waals surface area (Å²) in [6.45, 7) is 20.5. The van der Waals surface area contributed by atoms with Crippen LogP contribution in [0.2, 0.25) is 43.8 Å². The van der Waals surface area contributed by atoms with Gasteiger partial charge in [-0.15, -0.1) is 5.16 Å². The van der Waals surface area contributed by atoms with Crippen molar-refractivity contribution in [1.82, 2.24) is 0 Å². The Morgan fingerprint density at radius 3 is 1.91 bits per heavy atom. The number of hydrogen-bond donors (Lipinski definition) is 0. The Labute approximate surface area is 139 Å². The predicted molar refractivity (Wildman–Crippen MR) is 104 cm³/mol. The zero-order valence-corrected chi connectivity index (χ0v) is 17.9. The summed E-state index contributed by atoms with van der Waals surface area (Å²) in [4.78, 5) is 0. The lowest BCUT2D eigenvalue weighted by Crippen LogP contribution is -2.39. The lowest BCUT2D eigenvalue weighted by Gasteiger charge is -2.33. The van der Waals surface area contributed by atoms with Gasteiger partial charge in [-0.3, -0.25) is 0 Å². The van der Waals surface area contributed by atoms with Crippen LogP contribution in [0.4, 0.5) is 0 Å². The fourth-order valence-electron chi connectivity index (χ4n) is 1.74. The van der Waals surface area contributed by atoms with E-state index >= 15 is 0 Å². The van der Waals surface area contributed by atoms with E-state index < -0.39 is 16.4 Å². The van der Waals surface area contributed by atoms with Gasteiger partial charge in [0.25, 0.3) is 8.32 Å². The molecule has 2 nitrogen and oxygen atoms in total. The Hall–Kier alpha value is -0.876. The topological polar surface area (TPSA) is 21.6 Å². The van der Waals surface area contributed by atoms with Crippen LogP contribution in [0.25, 0.3) is 0 Å². The largest absolute Gasteiger partial charge is 0.455 e. The number of benzene rings is 1. The van der Waals surface area contributed by atoms with Gasteiger partial charge in [-0.25, -0.2) is 0 Å². The van der Waals surface area contributed by atoms with Gasteiger partial charge in [0.05, 0.1) is 13.8 Å². The molecule has 1 aromatic rings. The maximum Gasteiger partial charge on any atom is 0.286 e. The van der Waals surface area contributed by atoms with Crippen molar-refractivity contribution in [3.05, 3.63) is 35.4 Å².